The maximum atomic E-state index is 13.5. The molecule has 1 aromatic carbocycles. The molecule has 0 unspecified atom stereocenters. The van der Waals surface area contributed by atoms with Gasteiger partial charge in [0.05, 0.1) is 49.3 Å². The van der Waals surface area contributed by atoms with Crippen LogP contribution in [0.4, 0.5) is 0 Å². The van der Waals surface area contributed by atoms with Crippen LogP contribution in [0.1, 0.15) is 5.56 Å². The Hall–Kier alpha value is -5.24. The van der Waals surface area contributed by atoms with Gasteiger partial charge in [0, 0.05) is 90.7 Å². The number of carbonyl (C=O) groups is 9. The van der Waals surface area contributed by atoms with Gasteiger partial charge < -0.3 is 41.3 Å². The number of rotatable bonds is 20. The second kappa shape index (κ2) is 24.6. The van der Waals surface area contributed by atoms with Crippen molar-refractivity contribution in [2.45, 2.75) is 6.42 Å². The van der Waals surface area contributed by atoms with Gasteiger partial charge in [-0.3, -0.25) is 67.7 Å². The van der Waals surface area contributed by atoms with E-state index in [-0.39, 0.29) is 117 Å². The third kappa shape index (κ3) is 18.5. The van der Waals surface area contributed by atoms with E-state index >= 15 is 0 Å². The normalized spacial score (nSPS) is 16.2. The van der Waals surface area contributed by atoms with Crippen LogP contribution in [-0.4, -0.2) is 221 Å². The van der Waals surface area contributed by atoms with E-state index in [9.17, 15) is 63.6 Å². The van der Waals surface area contributed by atoms with Crippen LogP contribution in [0.25, 0.3) is 0 Å². The van der Waals surface area contributed by atoms with Crippen LogP contribution >= 0.6 is 22.6 Å². The van der Waals surface area contributed by atoms with Crippen molar-refractivity contribution in [3.8, 4) is 5.75 Å². The standard InChI is InChI=1S/C36H50IN9O13/c37-26-17-25(1-2-27(26)47)18-33(53)45(21-30(50)40-19-28(48)38-6-8-46-31(51)3-4-32(46)52)7-5-39-29(49)20-41-9-11-42(22-34(54)55)13-15-44(24-36(58)59)16-14-43(12-10-41)23-35(56)57/h1-4,17,47H,5-16,18-24H2,(H,38,48)(H,39,49)(H,40,50)(H,54,55)(H,56,57)(H,58,59)/i37-2. The molecule has 0 spiro atoms. The van der Waals surface area contributed by atoms with Crippen molar-refractivity contribution in [3.63, 3.8) is 0 Å². The number of amides is 6. The van der Waals surface area contributed by atoms with E-state index in [4.69, 9.17) is 0 Å². The molecule has 3 rings (SSSR count). The van der Waals surface area contributed by atoms with Gasteiger partial charge in [-0.2, -0.15) is 0 Å². The Morgan fingerprint density at radius 1 is 0.644 bits per heavy atom. The molecule has 0 radical (unpaired) electrons. The number of nitrogens with one attached hydrogen (secondary N) is 3. The van der Waals surface area contributed by atoms with E-state index < -0.39 is 66.4 Å². The zero-order valence-electron chi connectivity index (χ0n) is 32.3. The van der Waals surface area contributed by atoms with E-state index in [1.165, 1.54) is 11.0 Å². The van der Waals surface area contributed by atoms with Gasteiger partial charge in [-0.05, 0) is 40.3 Å². The largest absolute Gasteiger partial charge is 0.507 e. The minimum atomic E-state index is -1.08. The molecular formula is C36H50IN9O13. The molecule has 0 bridgehead atoms. The molecular weight excluding hydrogens is 891 g/mol. The van der Waals surface area contributed by atoms with Gasteiger partial charge >= 0.3 is 17.9 Å². The lowest BCUT2D eigenvalue weighted by Crippen LogP contribution is -2.50. The van der Waals surface area contributed by atoms with Crippen molar-refractivity contribution in [1.29, 1.82) is 0 Å². The van der Waals surface area contributed by atoms with Gasteiger partial charge in [0.15, 0.2) is 0 Å². The third-order valence-corrected chi connectivity index (χ3v) is 10.0. The van der Waals surface area contributed by atoms with Gasteiger partial charge in [-0.15, -0.1) is 0 Å². The van der Waals surface area contributed by atoms with Gasteiger partial charge in [0.1, 0.15) is 5.75 Å². The molecule has 6 amide bonds. The quantitative estimate of drug-likeness (QED) is 0.0486. The molecule has 0 atom stereocenters. The first-order chi connectivity index (χ1) is 28.0. The highest BCUT2D eigenvalue weighted by molar-refractivity contribution is 14.1. The van der Waals surface area contributed by atoms with Crippen LogP contribution < -0.4 is 16.0 Å². The zero-order valence-corrected chi connectivity index (χ0v) is 34.5. The van der Waals surface area contributed by atoms with E-state index in [0.29, 0.717) is 9.13 Å². The van der Waals surface area contributed by atoms with Gasteiger partial charge in [-0.1, -0.05) is 6.07 Å². The smallest absolute Gasteiger partial charge is 0.317 e. The van der Waals surface area contributed by atoms with E-state index in [1.54, 1.807) is 31.7 Å². The highest BCUT2D eigenvalue weighted by Gasteiger charge is 2.24. The molecule has 2 heterocycles. The second-order valence-corrected chi connectivity index (χ2v) is 14.9. The summed E-state index contributed by atoms with van der Waals surface area (Å²) in [5.74, 6) is -6.46. The number of carboxylic acids is 3. The van der Waals surface area contributed by atoms with Crippen LogP contribution in [0.5, 0.6) is 5.75 Å². The molecule has 59 heavy (non-hydrogen) atoms. The number of nitrogens with zero attached hydrogens (tertiary/aromatic N) is 6. The maximum absolute atomic E-state index is 13.5. The number of phenols is 1. The summed E-state index contributed by atoms with van der Waals surface area (Å²) in [6.07, 6.45) is 2.08. The maximum Gasteiger partial charge on any atom is 0.317 e. The average molecular weight is 942 g/mol. The van der Waals surface area contributed by atoms with Crippen molar-refractivity contribution >= 4 is 75.9 Å². The van der Waals surface area contributed by atoms with Crippen LogP contribution in [0, 0.1) is 3.57 Å². The fraction of sp³-hybridized carbons (Fsp3) is 0.528. The summed E-state index contributed by atoms with van der Waals surface area (Å²) in [6.45, 7) is -0.640. The second-order valence-electron chi connectivity index (χ2n) is 13.7. The number of carbonyl (C=O) groups excluding carboxylic acids is 6. The molecule has 23 heteroatoms. The fourth-order valence-corrected chi connectivity index (χ4v) is 6.62. The molecule has 1 aromatic rings. The number of hydrogen-bond donors (Lipinski definition) is 7. The van der Waals surface area contributed by atoms with Gasteiger partial charge in [0.2, 0.25) is 23.6 Å². The van der Waals surface area contributed by atoms with Crippen molar-refractivity contribution in [3.05, 3.63) is 39.5 Å². The molecule has 1 saturated heterocycles. The summed E-state index contributed by atoms with van der Waals surface area (Å²) in [7, 11) is 0. The number of aromatic hydroxyl groups is 1. The lowest BCUT2D eigenvalue weighted by molar-refractivity contribution is -0.140. The molecule has 1 fully saturated rings. The van der Waals surface area contributed by atoms with Crippen molar-refractivity contribution in [2.75, 3.05) is 118 Å². The Bertz CT molecular complexity index is 1700. The molecule has 7 N–H and O–H groups in total. The number of carboxylic acid groups (broad SMARTS) is 3. The van der Waals surface area contributed by atoms with E-state index in [1.807, 2.05) is 22.6 Å². The van der Waals surface area contributed by atoms with Crippen molar-refractivity contribution in [1.82, 2.24) is 45.3 Å². The topological polar surface area (TPSA) is 290 Å². The van der Waals surface area contributed by atoms with E-state index in [2.05, 4.69) is 16.0 Å². The van der Waals surface area contributed by atoms with Gasteiger partial charge in [0.25, 0.3) is 11.8 Å². The average Bonchev–Trinajstić information content (AvgIpc) is 3.47. The molecule has 2 aliphatic rings. The Balaban J connectivity index is 1.62. The summed E-state index contributed by atoms with van der Waals surface area (Å²) in [6, 6.07) is 4.59. The summed E-state index contributed by atoms with van der Waals surface area (Å²) >= 11 is 1.91. The summed E-state index contributed by atoms with van der Waals surface area (Å²) < 4.78 is 0.504. The SMILES string of the molecule is O=C(O)CN1CCN(CC(=O)O)CCN(CC(=O)NCCN(CC(=O)NCC(=O)NCCN2C(=O)C=CC2=O)C(=O)Cc2ccc(O)c([125I])c2)CCN(CC(=O)O)CC1. The van der Waals surface area contributed by atoms with Crippen molar-refractivity contribution < 1.29 is 63.6 Å². The zero-order chi connectivity index (χ0) is 43.5. The molecule has 0 aliphatic carbocycles. The highest BCUT2D eigenvalue weighted by Crippen LogP contribution is 2.20. The Morgan fingerprint density at radius 2 is 1.12 bits per heavy atom. The number of aliphatic carboxylic acids is 3. The molecule has 0 saturated carbocycles. The number of benzene rings is 1. The first-order valence-corrected chi connectivity index (χ1v) is 19.7. The van der Waals surface area contributed by atoms with Crippen LogP contribution in [-0.2, 0) is 49.6 Å². The lowest BCUT2D eigenvalue weighted by atomic mass is 10.1. The Kier molecular flexibility index (Phi) is 20.1. The first kappa shape index (κ1) is 48.1. The van der Waals surface area contributed by atoms with Crippen molar-refractivity contribution in [2.24, 2.45) is 0 Å². The molecule has 2 aliphatic heterocycles. The monoisotopic (exact) mass is 941 g/mol. The minimum absolute atomic E-state index is 0.0261. The van der Waals surface area contributed by atoms with Crippen LogP contribution in [0.15, 0.2) is 30.4 Å². The third-order valence-electron chi connectivity index (χ3n) is 9.14. The van der Waals surface area contributed by atoms with E-state index in [0.717, 1.165) is 17.1 Å². The number of hydrogen-bond acceptors (Lipinski definition) is 14. The molecule has 22 nitrogen and oxygen atoms in total. The minimum Gasteiger partial charge on any atom is -0.507 e. The number of phenolic OH excluding ortho intramolecular Hbond substituents is 1. The Labute approximate surface area is 353 Å². The predicted molar refractivity (Wildman–Crippen MR) is 215 cm³/mol. The molecule has 0 aromatic heterocycles. The van der Waals surface area contributed by atoms with Crippen LogP contribution in [0.3, 0.4) is 0 Å². The Morgan fingerprint density at radius 3 is 1.59 bits per heavy atom. The van der Waals surface area contributed by atoms with Gasteiger partial charge in [-0.25, -0.2) is 0 Å². The predicted octanol–water partition coefficient (Wildman–Crippen LogP) is -3.88. The summed E-state index contributed by atoms with van der Waals surface area (Å²) in [5.41, 5.74) is 0.551. The first-order valence-electron chi connectivity index (χ1n) is 18.6. The van der Waals surface area contributed by atoms with Crippen LogP contribution in [0.2, 0.25) is 0 Å². The highest BCUT2D eigenvalue weighted by atomic mass is 125. The number of imide groups is 1. The fourth-order valence-electron chi connectivity index (χ4n) is 6.04. The summed E-state index contributed by atoms with van der Waals surface area (Å²) in [4.78, 5) is 119. The number of halogens is 1. The molecule has 324 valence electrons. The summed E-state index contributed by atoms with van der Waals surface area (Å²) in [5, 5.41) is 45.9. The lowest BCUT2D eigenvalue weighted by Gasteiger charge is -2.32.